The van der Waals surface area contributed by atoms with Crippen LogP contribution in [0.3, 0.4) is 0 Å². The average Bonchev–Trinajstić information content (AvgIpc) is 3.40. The van der Waals surface area contributed by atoms with Crippen LogP contribution >= 0.6 is 11.6 Å². The summed E-state index contributed by atoms with van der Waals surface area (Å²) in [6, 6.07) is 10.6. The van der Waals surface area contributed by atoms with E-state index in [1.165, 1.54) is 21.3 Å². The van der Waals surface area contributed by atoms with E-state index in [9.17, 15) is 4.79 Å². The molecule has 9 heteroatoms. The first-order chi connectivity index (χ1) is 14.5. The number of methoxy groups -OCH3 is 3. The van der Waals surface area contributed by atoms with Gasteiger partial charge in [-0.15, -0.1) is 0 Å². The smallest absolute Gasteiger partial charge is 0.258 e. The van der Waals surface area contributed by atoms with Crippen molar-refractivity contribution in [3.63, 3.8) is 0 Å². The highest BCUT2D eigenvalue weighted by molar-refractivity contribution is 6.30. The summed E-state index contributed by atoms with van der Waals surface area (Å²) in [6.45, 7) is 0.467. The van der Waals surface area contributed by atoms with Gasteiger partial charge in [0.05, 0.1) is 21.3 Å². The van der Waals surface area contributed by atoms with Gasteiger partial charge in [0.1, 0.15) is 0 Å². The molecule has 0 aliphatic carbocycles. The Morgan fingerprint density at radius 1 is 1.07 bits per heavy atom. The minimum Gasteiger partial charge on any atom is -0.493 e. The second-order valence-electron chi connectivity index (χ2n) is 6.75. The summed E-state index contributed by atoms with van der Waals surface area (Å²) in [5.41, 5.74) is 1.42. The summed E-state index contributed by atoms with van der Waals surface area (Å²) in [7, 11) is 4.61. The molecule has 4 rings (SSSR count). The number of anilines is 1. The summed E-state index contributed by atoms with van der Waals surface area (Å²) in [6.07, 6.45) is 0.302. The highest BCUT2D eigenvalue weighted by Crippen LogP contribution is 2.41. The van der Waals surface area contributed by atoms with E-state index in [2.05, 4.69) is 10.1 Å². The molecule has 0 spiro atoms. The van der Waals surface area contributed by atoms with Gasteiger partial charge in [-0.05, 0) is 36.4 Å². The first-order valence-corrected chi connectivity index (χ1v) is 9.61. The molecule has 1 amide bonds. The minimum absolute atomic E-state index is 0.00135. The van der Waals surface area contributed by atoms with Crippen molar-refractivity contribution in [3.8, 4) is 28.7 Å². The van der Waals surface area contributed by atoms with Gasteiger partial charge in [0.25, 0.3) is 5.89 Å². The fourth-order valence-corrected chi connectivity index (χ4v) is 3.60. The molecule has 1 saturated heterocycles. The summed E-state index contributed by atoms with van der Waals surface area (Å²) in [4.78, 5) is 18.7. The Balaban J connectivity index is 1.59. The van der Waals surface area contributed by atoms with E-state index >= 15 is 0 Å². The van der Waals surface area contributed by atoms with Crippen LogP contribution in [-0.2, 0) is 4.79 Å². The molecule has 156 valence electrons. The number of halogens is 1. The molecule has 1 aliphatic rings. The maximum atomic E-state index is 12.5. The Hall–Kier alpha value is -3.26. The van der Waals surface area contributed by atoms with Gasteiger partial charge >= 0.3 is 0 Å². The Morgan fingerprint density at radius 3 is 2.33 bits per heavy atom. The van der Waals surface area contributed by atoms with Crippen molar-refractivity contribution in [1.29, 1.82) is 0 Å². The van der Waals surface area contributed by atoms with Crippen LogP contribution in [0.1, 0.15) is 18.2 Å². The van der Waals surface area contributed by atoms with Gasteiger partial charge in [-0.2, -0.15) is 4.98 Å². The fraction of sp³-hybridized carbons (Fsp3) is 0.286. The number of hydrogen-bond acceptors (Lipinski definition) is 7. The predicted octanol–water partition coefficient (Wildman–Crippen LogP) is 3.94. The van der Waals surface area contributed by atoms with E-state index in [1.807, 2.05) is 12.1 Å². The third-order valence-corrected chi connectivity index (χ3v) is 5.23. The van der Waals surface area contributed by atoms with E-state index in [4.69, 9.17) is 30.3 Å². The molecule has 1 unspecified atom stereocenters. The summed E-state index contributed by atoms with van der Waals surface area (Å²) in [5.74, 6) is 2.05. The van der Waals surface area contributed by atoms with Crippen LogP contribution in [0.15, 0.2) is 40.9 Å². The first kappa shape index (κ1) is 20.0. The van der Waals surface area contributed by atoms with E-state index in [0.717, 1.165) is 5.69 Å². The molecule has 1 aliphatic heterocycles. The lowest BCUT2D eigenvalue weighted by Crippen LogP contribution is -2.24. The lowest BCUT2D eigenvalue weighted by Gasteiger charge is -2.16. The lowest BCUT2D eigenvalue weighted by molar-refractivity contribution is -0.117. The second-order valence-corrected chi connectivity index (χ2v) is 7.19. The monoisotopic (exact) mass is 429 g/mol. The molecule has 1 fully saturated rings. The number of nitrogens with zero attached hydrogens (tertiary/aromatic N) is 3. The van der Waals surface area contributed by atoms with E-state index < -0.39 is 0 Å². The van der Waals surface area contributed by atoms with Gasteiger partial charge in [0.2, 0.25) is 11.7 Å². The Morgan fingerprint density at radius 2 is 1.73 bits per heavy atom. The molecule has 1 atom stereocenters. The van der Waals surface area contributed by atoms with Crippen molar-refractivity contribution in [2.75, 3.05) is 32.8 Å². The van der Waals surface area contributed by atoms with Gasteiger partial charge in [-0.1, -0.05) is 16.8 Å². The molecule has 8 nitrogen and oxygen atoms in total. The van der Waals surface area contributed by atoms with Gasteiger partial charge < -0.3 is 23.6 Å². The zero-order chi connectivity index (χ0) is 21.3. The second kappa shape index (κ2) is 8.23. The molecule has 3 aromatic rings. The van der Waals surface area contributed by atoms with Gasteiger partial charge in [0.15, 0.2) is 17.3 Å². The lowest BCUT2D eigenvalue weighted by atomic mass is 10.1. The Kier molecular flexibility index (Phi) is 5.50. The maximum absolute atomic E-state index is 12.5. The van der Waals surface area contributed by atoms with Crippen LogP contribution in [0.4, 0.5) is 5.69 Å². The molecule has 0 N–H and O–H groups in total. The SMILES string of the molecule is COc1cc(-c2nc(C3CC(=O)N(c4ccc(Cl)cc4)C3)no2)cc(OC)c1OC. The average molecular weight is 430 g/mol. The van der Waals surface area contributed by atoms with Crippen molar-refractivity contribution >= 4 is 23.2 Å². The number of aromatic nitrogens is 2. The number of amides is 1. The van der Waals surface area contributed by atoms with Crippen LogP contribution in [0.25, 0.3) is 11.5 Å². The summed E-state index contributed by atoms with van der Waals surface area (Å²) >= 11 is 5.94. The van der Waals surface area contributed by atoms with E-state index in [0.29, 0.717) is 52.5 Å². The summed E-state index contributed by atoms with van der Waals surface area (Å²) < 4.78 is 21.6. The fourth-order valence-electron chi connectivity index (χ4n) is 3.47. The normalized spacial score (nSPS) is 16.1. The Bertz CT molecular complexity index is 1040. The van der Waals surface area contributed by atoms with Crippen LogP contribution in [0.2, 0.25) is 5.02 Å². The number of benzene rings is 2. The van der Waals surface area contributed by atoms with Gasteiger partial charge in [0, 0.05) is 35.2 Å². The van der Waals surface area contributed by atoms with Crippen molar-refractivity contribution in [2.45, 2.75) is 12.3 Å². The predicted molar refractivity (Wildman–Crippen MR) is 111 cm³/mol. The van der Waals surface area contributed by atoms with Crippen molar-refractivity contribution < 1.29 is 23.5 Å². The minimum atomic E-state index is -0.173. The number of carbonyl (C=O) groups is 1. The highest BCUT2D eigenvalue weighted by Gasteiger charge is 2.34. The number of ether oxygens (including phenoxy) is 3. The molecular weight excluding hydrogens is 410 g/mol. The van der Waals surface area contributed by atoms with Gasteiger partial charge in [-0.25, -0.2) is 0 Å². The maximum Gasteiger partial charge on any atom is 0.258 e. The summed E-state index contributed by atoms with van der Waals surface area (Å²) in [5, 5.41) is 4.73. The van der Waals surface area contributed by atoms with Gasteiger partial charge in [-0.3, -0.25) is 4.79 Å². The van der Waals surface area contributed by atoms with Crippen LogP contribution in [-0.4, -0.2) is 43.9 Å². The highest BCUT2D eigenvalue weighted by atomic mass is 35.5. The zero-order valence-electron chi connectivity index (χ0n) is 16.7. The third kappa shape index (κ3) is 3.66. The van der Waals surface area contributed by atoms with E-state index in [-0.39, 0.29) is 11.8 Å². The zero-order valence-corrected chi connectivity index (χ0v) is 17.5. The molecule has 2 aromatic carbocycles. The topological polar surface area (TPSA) is 86.9 Å². The van der Waals surface area contributed by atoms with Crippen LogP contribution < -0.4 is 19.1 Å². The van der Waals surface area contributed by atoms with Crippen molar-refractivity contribution in [2.24, 2.45) is 0 Å². The molecule has 2 heterocycles. The van der Waals surface area contributed by atoms with Crippen molar-refractivity contribution in [3.05, 3.63) is 47.2 Å². The molecular formula is C21H20ClN3O5. The van der Waals surface area contributed by atoms with Crippen LogP contribution in [0, 0.1) is 0 Å². The Labute approximate surface area is 178 Å². The third-order valence-electron chi connectivity index (χ3n) is 4.98. The molecule has 0 saturated carbocycles. The largest absolute Gasteiger partial charge is 0.493 e. The molecule has 1 aromatic heterocycles. The first-order valence-electron chi connectivity index (χ1n) is 9.24. The quantitative estimate of drug-likeness (QED) is 0.586. The van der Waals surface area contributed by atoms with Crippen LogP contribution in [0.5, 0.6) is 17.2 Å². The molecule has 30 heavy (non-hydrogen) atoms. The van der Waals surface area contributed by atoms with Crippen molar-refractivity contribution in [1.82, 2.24) is 10.1 Å². The molecule has 0 radical (unpaired) electrons. The number of hydrogen-bond donors (Lipinski definition) is 0. The molecule has 0 bridgehead atoms. The standard InChI is InChI=1S/C21H20ClN3O5/c1-27-16-8-12(9-17(28-2)19(16)29-3)21-23-20(24-30-21)13-10-18(26)25(11-13)15-6-4-14(22)5-7-15/h4-9,13H,10-11H2,1-3H3. The van der Waals surface area contributed by atoms with E-state index in [1.54, 1.807) is 29.2 Å². The number of carbonyl (C=O) groups excluding carboxylic acids is 1. The number of rotatable bonds is 6.